The molecule has 0 saturated heterocycles. The van der Waals surface area contributed by atoms with Crippen LogP contribution in [0.5, 0.6) is 0 Å². The first-order valence-corrected chi connectivity index (χ1v) is 6.17. The third-order valence-corrected chi connectivity index (χ3v) is 4.05. The summed E-state index contributed by atoms with van der Waals surface area (Å²) >= 11 is 0. The van der Waals surface area contributed by atoms with E-state index in [9.17, 15) is 5.11 Å². The fourth-order valence-corrected chi connectivity index (χ4v) is 2.85. The Bertz CT molecular complexity index is 364. The minimum absolute atomic E-state index is 0.0941. The van der Waals surface area contributed by atoms with Crippen molar-refractivity contribution in [3.05, 3.63) is 35.4 Å². The zero-order valence-electron chi connectivity index (χ0n) is 9.95. The molecule has 2 heteroatoms. The van der Waals surface area contributed by atoms with E-state index in [1.807, 2.05) is 6.92 Å². The van der Waals surface area contributed by atoms with Crippen LogP contribution in [0.1, 0.15) is 30.9 Å². The molecule has 0 bridgehead atoms. The summed E-state index contributed by atoms with van der Waals surface area (Å²) in [5.74, 6) is 0. The van der Waals surface area contributed by atoms with Gasteiger partial charge >= 0.3 is 0 Å². The van der Waals surface area contributed by atoms with Gasteiger partial charge in [0.1, 0.15) is 0 Å². The van der Waals surface area contributed by atoms with Gasteiger partial charge in [0.2, 0.25) is 0 Å². The van der Waals surface area contributed by atoms with Crippen molar-refractivity contribution >= 4 is 0 Å². The van der Waals surface area contributed by atoms with Crippen LogP contribution in [0.4, 0.5) is 0 Å². The third-order valence-electron chi connectivity index (χ3n) is 4.05. The second-order valence-corrected chi connectivity index (χ2v) is 4.94. The first-order chi connectivity index (χ1) is 7.72. The molecule has 0 aromatic heterocycles. The lowest BCUT2D eigenvalue weighted by molar-refractivity contribution is 0.0168. The average Bonchev–Trinajstić information content (AvgIpc) is 2.37. The molecule has 0 saturated carbocycles. The predicted molar refractivity (Wildman–Crippen MR) is 66.3 cm³/mol. The lowest BCUT2D eigenvalue weighted by Gasteiger charge is -2.40. The van der Waals surface area contributed by atoms with E-state index < -0.39 is 0 Å². The number of nitrogens with two attached hydrogens (primary N) is 1. The van der Waals surface area contributed by atoms with Gasteiger partial charge in [0.05, 0.1) is 6.10 Å². The Hall–Kier alpha value is -0.860. The molecule has 1 aromatic carbocycles. The van der Waals surface area contributed by atoms with Crippen LogP contribution >= 0.6 is 0 Å². The molecule has 0 heterocycles. The molecular formula is C14H21NO. The van der Waals surface area contributed by atoms with Crippen LogP contribution in [0.2, 0.25) is 0 Å². The fraction of sp³-hybridized carbons (Fsp3) is 0.571. The van der Waals surface area contributed by atoms with Crippen molar-refractivity contribution in [1.29, 1.82) is 0 Å². The summed E-state index contributed by atoms with van der Waals surface area (Å²) in [6, 6.07) is 8.52. The second-order valence-electron chi connectivity index (χ2n) is 4.94. The van der Waals surface area contributed by atoms with Crippen molar-refractivity contribution in [2.75, 3.05) is 6.54 Å². The Morgan fingerprint density at radius 3 is 2.69 bits per heavy atom. The van der Waals surface area contributed by atoms with Crippen LogP contribution < -0.4 is 5.73 Å². The number of aliphatic hydroxyl groups excluding tert-OH is 1. The molecule has 0 fully saturated rings. The number of hydrogen-bond donors (Lipinski definition) is 2. The van der Waals surface area contributed by atoms with Crippen LogP contribution in [0, 0.1) is 5.41 Å². The van der Waals surface area contributed by atoms with Crippen molar-refractivity contribution in [2.24, 2.45) is 11.1 Å². The second kappa shape index (κ2) is 4.56. The van der Waals surface area contributed by atoms with E-state index in [0.29, 0.717) is 6.54 Å². The highest BCUT2D eigenvalue weighted by Gasteiger charge is 2.38. The first-order valence-electron chi connectivity index (χ1n) is 6.17. The maximum Gasteiger partial charge on any atom is 0.0609 e. The normalized spacial score (nSPS) is 26.2. The first kappa shape index (κ1) is 11.6. The van der Waals surface area contributed by atoms with Gasteiger partial charge in [-0.05, 0) is 36.8 Å². The SMILES string of the molecule is CCC(O)C1(CN)CCc2ccccc2C1. The molecule has 0 radical (unpaired) electrons. The lowest BCUT2D eigenvalue weighted by Crippen LogP contribution is -2.45. The summed E-state index contributed by atoms with van der Waals surface area (Å²) in [7, 11) is 0. The van der Waals surface area contributed by atoms with Gasteiger partial charge in [0.25, 0.3) is 0 Å². The summed E-state index contributed by atoms with van der Waals surface area (Å²) in [5.41, 5.74) is 8.61. The molecule has 1 aliphatic carbocycles. The van der Waals surface area contributed by atoms with E-state index in [0.717, 1.165) is 25.7 Å². The molecule has 2 nitrogen and oxygen atoms in total. The highest BCUT2D eigenvalue weighted by atomic mass is 16.3. The quantitative estimate of drug-likeness (QED) is 0.815. The van der Waals surface area contributed by atoms with E-state index in [2.05, 4.69) is 24.3 Å². The summed E-state index contributed by atoms with van der Waals surface area (Å²) < 4.78 is 0. The smallest absolute Gasteiger partial charge is 0.0609 e. The molecule has 1 aliphatic rings. The van der Waals surface area contributed by atoms with Crippen LogP contribution in [0.3, 0.4) is 0 Å². The van der Waals surface area contributed by atoms with Crippen LogP contribution in [-0.4, -0.2) is 17.8 Å². The summed E-state index contributed by atoms with van der Waals surface area (Å²) in [5, 5.41) is 10.2. The van der Waals surface area contributed by atoms with Gasteiger partial charge in [-0.15, -0.1) is 0 Å². The molecule has 2 rings (SSSR count). The monoisotopic (exact) mass is 219 g/mol. The molecule has 16 heavy (non-hydrogen) atoms. The van der Waals surface area contributed by atoms with Crippen LogP contribution in [0.15, 0.2) is 24.3 Å². The number of hydrogen-bond acceptors (Lipinski definition) is 2. The molecule has 0 spiro atoms. The molecule has 2 atom stereocenters. The minimum Gasteiger partial charge on any atom is -0.392 e. The van der Waals surface area contributed by atoms with Crippen molar-refractivity contribution in [1.82, 2.24) is 0 Å². The third kappa shape index (κ3) is 1.87. The van der Waals surface area contributed by atoms with Gasteiger partial charge in [-0.2, -0.15) is 0 Å². The summed E-state index contributed by atoms with van der Waals surface area (Å²) in [6.45, 7) is 2.61. The van der Waals surface area contributed by atoms with Gasteiger partial charge < -0.3 is 10.8 Å². The molecule has 3 N–H and O–H groups in total. The Morgan fingerprint density at radius 1 is 1.38 bits per heavy atom. The maximum atomic E-state index is 10.2. The molecule has 88 valence electrons. The summed E-state index contributed by atoms with van der Waals surface area (Å²) in [6.07, 6.45) is 3.50. The zero-order valence-corrected chi connectivity index (χ0v) is 9.95. The fourth-order valence-electron chi connectivity index (χ4n) is 2.85. The van der Waals surface area contributed by atoms with Gasteiger partial charge in [0, 0.05) is 12.0 Å². The van der Waals surface area contributed by atoms with Crippen LogP contribution in [-0.2, 0) is 12.8 Å². The van der Waals surface area contributed by atoms with Gasteiger partial charge in [-0.3, -0.25) is 0 Å². The van der Waals surface area contributed by atoms with E-state index in [4.69, 9.17) is 5.73 Å². The maximum absolute atomic E-state index is 10.2. The van der Waals surface area contributed by atoms with Gasteiger partial charge in [0.15, 0.2) is 0 Å². The Labute approximate surface area is 97.5 Å². The molecule has 0 amide bonds. The molecule has 2 unspecified atom stereocenters. The number of aliphatic hydroxyl groups is 1. The number of aryl methyl sites for hydroxylation is 1. The van der Waals surface area contributed by atoms with Crippen molar-refractivity contribution < 1.29 is 5.11 Å². The number of fused-ring (bicyclic) bond motifs is 1. The number of benzene rings is 1. The highest BCUT2D eigenvalue weighted by molar-refractivity contribution is 5.31. The molecule has 1 aromatic rings. The van der Waals surface area contributed by atoms with Gasteiger partial charge in [-0.1, -0.05) is 31.2 Å². The minimum atomic E-state index is -0.272. The van der Waals surface area contributed by atoms with Crippen molar-refractivity contribution in [3.8, 4) is 0 Å². The molecule has 0 aliphatic heterocycles. The van der Waals surface area contributed by atoms with E-state index in [1.165, 1.54) is 11.1 Å². The predicted octanol–water partition coefficient (Wildman–Crippen LogP) is 1.89. The van der Waals surface area contributed by atoms with Crippen molar-refractivity contribution in [3.63, 3.8) is 0 Å². The van der Waals surface area contributed by atoms with E-state index in [1.54, 1.807) is 0 Å². The number of rotatable bonds is 3. The largest absolute Gasteiger partial charge is 0.392 e. The topological polar surface area (TPSA) is 46.2 Å². The highest BCUT2D eigenvalue weighted by Crippen LogP contribution is 2.38. The zero-order chi connectivity index (χ0) is 11.6. The van der Waals surface area contributed by atoms with Crippen LogP contribution in [0.25, 0.3) is 0 Å². The van der Waals surface area contributed by atoms with Gasteiger partial charge in [-0.25, -0.2) is 0 Å². The molecular weight excluding hydrogens is 198 g/mol. The lowest BCUT2D eigenvalue weighted by atomic mass is 9.67. The van der Waals surface area contributed by atoms with Crippen molar-refractivity contribution in [2.45, 2.75) is 38.7 Å². The van der Waals surface area contributed by atoms with E-state index >= 15 is 0 Å². The standard InChI is InChI=1S/C14H21NO/c1-2-13(16)14(10-15)8-7-11-5-3-4-6-12(11)9-14/h3-6,13,16H,2,7-10,15H2,1H3. The Balaban J connectivity index is 2.28. The van der Waals surface area contributed by atoms with E-state index in [-0.39, 0.29) is 11.5 Å². The Morgan fingerprint density at radius 2 is 2.06 bits per heavy atom. The Kier molecular flexibility index (Phi) is 3.31. The summed E-state index contributed by atoms with van der Waals surface area (Å²) in [4.78, 5) is 0. The average molecular weight is 219 g/mol.